The topological polar surface area (TPSA) is 43.4 Å². The van der Waals surface area contributed by atoms with Crippen molar-refractivity contribution < 1.29 is 9.47 Å². The summed E-state index contributed by atoms with van der Waals surface area (Å²) in [6.45, 7) is 5.02. The molecule has 4 heteroatoms. The lowest BCUT2D eigenvalue weighted by molar-refractivity contribution is 0.105. The molecule has 2 heterocycles. The predicted octanol–water partition coefficient (Wildman–Crippen LogP) is 2.07. The zero-order valence-corrected chi connectivity index (χ0v) is 9.99. The average Bonchev–Trinajstić information content (AvgIpc) is 2.60. The van der Waals surface area contributed by atoms with Gasteiger partial charge in [0.25, 0.3) is 0 Å². The molecule has 0 aliphatic carbocycles. The molecule has 0 amide bonds. The van der Waals surface area contributed by atoms with Gasteiger partial charge in [-0.15, -0.1) is 0 Å². The van der Waals surface area contributed by atoms with Crippen LogP contribution >= 0.6 is 0 Å². The van der Waals surface area contributed by atoms with Crippen LogP contribution in [0.4, 0.5) is 5.82 Å². The van der Waals surface area contributed by atoms with Crippen molar-refractivity contribution in [2.45, 2.75) is 31.9 Å². The summed E-state index contributed by atoms with van der Waals surface area (Å²) in [5.74, 6) is 1.55. The highest BCUT2D eigenvalue weighted by atomic mass is 16.5. The molecule has 16 heavy (non-hydrogen) atoms. The third kappa shape index (κ3) is 1.97. The third-order valence-corrected chi connectivity index (χ3v) is 3.28. The summed E-state index contributed by atoms with van der Waals surface area (Å²) in [4.78, 5) is 4.30. The fourth-order valence-electron chi connectivity index (χ4n) is 1.92. The lowest BCUT2D eigenvalue weighted by atomic mass is 9.95. The summed E-state index contributed by atoms with van der Waals surface area (Å²) in [7, 11) is 1.65. The zero-order chi connectivity index (χ0) is 11.6. The molecule has 0 spiro atoms. The van der Waals surface area contributed by atoms with Crippen LogP contribution in [0, 0.1) is 0 Å². The predicted molar refractivity (Wildman–Crippen MR) is 62.8 cm³/mol. The largest absolute Gasteiger partial charge is 0.493 e. The maximum Gasteiger partial charge on any atom is 0.169 e. The summed E-state index contributed by atoms with van der Waals surface area (Å²) < 4.78 is 10.9. The molecule has 0 saturated carbocycles. The lowest BCUT2D eigenvalue weighted by Gasteiger charge is -2.30. The van der Waals surface area contributed by atoms with Gasteiger partial charge in [0.15, 0.2) is 11.6 Å². The Morgan fingerprint density at radius 2 is 2.44 bits per heavy atom. The van der Waals surface area contributed by atoms with Gasteiger partial charge < -0.3 is 14.8 Å². The highest BCUT2D eigenvalue weighted by Gasteiger charge is 2.37. The second-order valence-electron chi connectivity index (χ2n) is 4.36. The monoisotopic (exact) mass is 222 g/mol. The van der Waals surface area contributed by atoms with Crippen LogP contribution < -0.4 is 10.1 Å². The van der Waals surface area contributed by atoms with Crippen molar-refractivity contribution in [2.75, 3.05) is 19.0 Å². The molecule has 0 radical (unpaired) electrons. The molecule has 1 aromatic heterocycles. The van der Waals surface area contributed by atoms with Crippen LogP contribution in [-0.4, -0.2) is 30.3 Å². The molecular weight excluding hydrogens is 204 g/mol. The van der Waals surface area contributed by atoms with E-state index in [1.54, 1.807) is 13.3 Å². The van der Waals surface area contributed by atoms with Crippen LogP contribution in [0.3, 0.4) is 0 Å². The van der Waals surface area contributed by atoms with Crippen LogP contribution in [0.2, 0.25) is 0 Å². The summed E-state index contributed by atoms with van der Waals surface area (Å²) in [5.41, 5.74) is -0.0678. The highest BCUT2D eigenvalue weighted by Crippen LogP contribution is 2.32. The minimum Gasteiger partial charge on any atom is -0.493 e. The van der Waals surface area contributed by atoms with E-state index in [9.17, 15) is 0 Å². The van der Waals surface area contributed by atoms with Gasteiger partial charge in [-0.05, 0) is 32.4 Å². The zero-order valence-electron chi connectivity index (χ0n) is 9.99. The molecule has 1 fully saturated rings. The van der Waals surface area contributed by atoms with Crippen molar-refractivity contribution in [3.8, 4) is 5.75 Å². The Morgan fingerprint density at radius 3 is 3.06 bits per heavy atom. The van der Waals surface area contributed by atoms with Crippen LogP contribution in [0.5, 0.6) is 5.75 Å². The second kappa shape index (κ2) is 4.29. The van der Waals surface area contributed by atoms with E-state index in [0.717, 1.165) is 24.6 Å². The molecule has 2 unspecified atom stereocenters. The van der Waals surface area contributed by atoms with E-state index in [1.807, 2.05) is 12.1 Å². The molecule has 1 aromatic rings. The number of nitrogens with zero attached hydrogens (tertiary/aromatic N) is 1. The van der Waals surface area contributed by atoms with Gasteiger partial charge in [-0.1, -0.05) is 0 Å². The molecule has 1 N–H and O–H groups in total. The van der Waals surface area contributed by atoms with Crippen LogP contribution in [-0.2, 0) is 4.74 Å². The van der Waals surface area contributed by atoms with Crippen molar-refractivity contribution in [1.29, 1.82) is 0 Å². The maximum atomic E-state index is 5.58. The molecule has 88 valence electrons. The Bertz CT molecular complexity index is 370. The van der Waals surface area contributed by atoms with Gasteiger partial charge in [0, 0.05) is 12.8 Å². The number of aromatic nitrogens is 1. The molecule has 1 saturated heterocycles. The van der Waals surface area contributed by atoms with Crippen LogP contribution in [0.25, 0.3) is 0 Å². The van der Waals surface area contributed by atoms with E-state index < -0.39 is 0 Å². The summed E-state index contributed by atoms with van der Waals surface area (Å²) in [6.07, 6.45) is 2.92. The standard InChI is InChI=1S/C12H18N2O2/c1-9-12(2,6-8-16-9)14-11-10(15-3)5-4-7-13-11/h4-5,7,9H,6,8H2,1-3H3,(H,13,14). The van der Waals surface area contributed by atoms with Gasteiger partial charge in [-0.2, -0.15) is 0 Å². The molecule has 2 atom stereocenters. The first kappa shape index (κ1) is 11.2. The molecule has 0 bridgehead atoms. The SMILES string of the molecule is COc1cccnc1NC1(C)CCOC1C. The number of anilines is 1. The fourth-order valence-corrected chi connectivity index (χ4v) is 1.92. The number of nitrogens with one attached hydrogen (secondary N) is 1. The van der Waals surface area contributed by atoms with E-state index in [-0.39, 0.29) is 11.6 Å². The van der Waals surface area contributed by atoms with Crippen LogP contribution in [0.1, 0.15) is 20.3 Å². The van der Waals surface area contributed by atoms with Crippen LogP contribution in [0.15, 0.2) is 18.3 Å². The van der Waals surface area contributed by atoms with Crippen molar-refractivity contribution in [3.63, 3.8) is 0 Å². The Kier molecular flexibility index (Phi) is 3.01. The smallest absolute Gasteiger partial charge is 0.169 e. The van der Waals surface area contributed by atoms with E-state index in [4.69, 9.17) is 9.47 Å². The summed E-state index contributed by atoms with van der Waals surface area (Å²) >= 11 is 0. The fraction of sp³-hybridized carbons (Fsp3) is 0.583. The number of pyridine rings is 1. The number of rotatable bonds is 3. The first-order valence-corrected chi connectivity index (χ1v) is 5.54. The van der Waals surface area contributed by atoms with Gasteiger partial charge in [-0.3, -0.25) is 0 Å². The van der Waals surface area contributed by atoms with Crippen molar-refractivity contribution in [2.24, 2.45) is 0 Å². The minimum absolute atomic E-state index is 0.0678. The Balaban J connectivity index is 2.20. The lowest BCUT2D eigenvalue weighted by Crippen LogP contribution is -2.41. The van der Waals surface area contributed by atoms with Gasteiger partial charge in [0.05, 0.1) is 18.8 Å². The normalized spacial score (nSPS) is 29.1. The highest BCUT2D eigenvalue weighted by molar-refractivity contribution is 5.51. The molecule has 0 aromatic carbocycles. The van der Waals surface area contributed by atoms with Gasteiger partial charge in [0.2, 0.25) is 0 Å². The second-order valence-corrected chi connectivity index (χ2v) is 4.36. The first-order valence-electron chi connectivity index (χ1n) is 5.54. The van der Waals surface area contributed by atoms with Crippen molar-refractivity contribution >= 4 is 5.82 Å². The molecule has 4 nitrogen and oxygen atoms in total. The number of methoxy groups -OCH3 is 1. The molecule has 2 rings (SSSR count). The Hall–Kier alpha value is -1.29. The van der Waals surface area contributed by atoms with E-state index >= 15 is 0 Å². The molecular formula is C12H18N2O2. The molecule has 1 aliphatic heterocycles. The van der Waals surface area contributed by atoms with Crippen molar-refractivity contribution in [1.82, 2.24) is 4.98 Å². The van der Waals surface area contributed by atoms with Gasteiger partial charge in [0.1, 0.15) is 0 Å². The van der Waals surface area contributed by atoms with Crippen molar-refractivity contribution in [3.05, 3.63) is 18.3 Å². The van der Waals surface area contributed by atoms with E-state index in [1.165, 1.54) is 0 Å². The minimum atomic E-state index is -0.0678. The van der Waals surface area contributed by atoms with Gasteiger partial charge in [-0.25, -0.2) is 4.98 Å². The number of ether oxygens (including phenoxy) is 2. The average molecular weight is 222 g/mol. The van der Waals surface area contributed by atoms with Gasteiger partial charge >= 0.3 is 0 Å². The number of hydrogen-bond donors (Lipinski definition) is 1. The third-order valence-electron chi connectivity index (χ3n) is 3.28. The summed E-state index contributed by atoms with van der Waals surface area (Å²) in [5, 5.41) is 3.43. The summed E-state index contributed by atoms with van der Waals surface area (Å²) in [6, 6.07) is 3.76. The molecule has 1 aliphatic rings. The Labute approximate surface area is 96.0 Å². The first-order chi connectivity index (χ1) is 7.65. The number of hydrogen-bond acceptors (Lipinski definition) is 4. The maximum absolute atomic E-state index is 5.58. The quantitative estimate of drug-likeness (QED) is 0.850. The van der Waals surface area contributed by atoms with E-state index in [2.05, 4.69) is 24.1 Å². The van der Waals surface area contributed by atoms with E-state index in [0.29, 0.717) is 0 Å². The Morgan fingerprint density at radius 1 is 1.62 bits per heavy atom.